The van der Waals surface area contributed by atoms with E-state index in [1.165, 1.54) is 11.3 Å². The number of aromatic amines is 1. The van der Waals surface area contributed by atoms with Crippen LogP contribution in [0.2, 0.25) is 0 Å². The van der Waals surface area contributed by atoms with Crippen LogP contribution in [-0.2, 0) is 4.79 Å². The van der Waals surface area contributed by atoms with Gasteiger partial charge in [-0.25, -0.2) is 4.98 Å². The van der Waals surface area contributed by atoms with Gasteiger partial charge >= 0.3 is 0 Å². The highest BCUT2D eigenvalue weighted by Gasteiger charge is 2.16. The molecule has 2 aromatic carbocycles. The van der Waals surface area contributed by atoms with Crippen molar-refractivity contribution in [1.29, 1.82) is 0 Å². The molecule has 0 bridgehead atoms. The molecule has 0 fully saturated rings. The Balaban J connectivity index is 1.50. The second-order valence-electron chi connectivity index (χ2n) is 6.86. The van der Waals surface area contributed by atoms with E-state index in [2.05, 4.69) is 15.3 Å². The number of rotatable bonds is 6. The third-order valence-electron chi connectivity index (χ3n) is 4.59. The number of hydrogen-bond acceptors (Lipinski definition) is 8. The van der Waals surface area contributed by atoms with Crippen molar-refractivity contribution in [2.24, 2.45) is 0 Å². The summed E-state index contributed by atoms with van der Waals surface area (Å²) in [4.78, 5) is 42.9. The minimum Gasteiger partial charge on any atom is -0.506 e. The number of aromatic nitrogens is 2. The topological polar surface area (TPSA) is 138 Å². The van der Waals surface area contributed by atoms with Gasteiger partial charge in [0.15, 0.2) is 5.16 Å². The molecule has 4 aromatic rings. The monoisotopic (exact) mass is 468 g/mol. The molecular formula is C21H16N4O5S2. The lowest BCUT2D eigenvalue weighted by Gasteiger charge is -2.07. The molecule has 0 atom stereocenters. The first kappa shape index (κ1) is 21.5. The first-order chi connectivity index (χ1) is 15.3. The zero-order valence-corrected chi connectivity index (χ0v) is 18.3. The van der Waals surface area contributed by atoms with Gasteiger partial charge in [-0.1, -0.05) is 41.6 Å². The number of non-ortho nitro benzene ring substituents is 1. The predicted octanol–water partition coefficient (Wildman–Crippen LogP) is 4.30. The average molecular weight is 469 g/mol. The van der Waals surface area contributed by atoms with Crippen molar-refractivity contribution in [3.05, 3.63) is 73.9 Å². The van der Waals surface area contributed by atoms with Crippen LogP contribution >= 0.6 is 23.1 Å². The number of fused-ring (bicyclic) bond motifs is 1. The van der Waals surface area contributed by atoms with Crippen LogP contribution in [0.3, 0.4) is 0 Å². The van der Waals surface area contributed by atoms with Crippen molar-refractivity contribution in [1.82, 2.24) is 9.97 Å². The Hall–Kier alpha value is -3.70. The van der Waals surface area contributed by atoms with E-state index in [-0.39, 0.29) is 33.6 Å². The van der Waals surface area contributed by atoms with Gasteiger partial charge in [-0.15, -0.1) is 11.3 Å². The molecular weight excluding hydrogens is 452 g/mol. The highest BCUT2D eigenvalue weighted by Crippen LogP contribution is 2.32. The molecule has 0 radical (unpaired) electrons. The number of hydrogen-bond donors (Lipinski definition) is 3. The fourth-order valence-corrected chi connectivity index (χ4v) is 4.67. The van der Waals surface area contributed by atoms with Gasteiger partial charge in [0.1, 0.15) is 10.6 Å². The number of thiophene rings is 1. The lowest BCUT2D eigenvalue weighted by molar-refractivity contribution is -0.384. The Morgan fingerprint density at radius 1 is 1.28 bits per heavy atom. The standard InChI is InChI=1S/C21H16N4O5S2/c1-11-2-4-12(5-3-11)14-9-31-20-18(14)19(28)23-21(24-20)32-10-17(27)22-15-8-13(25(29)30)6-7-16(15)26/h2-9,26H,10H2,1H3,(H,22,27)(H,23,24,28). The average Bonchev–Trinajstić information content (AvgIpc) is 3.19. The first-order valence-electron chi connectivity index (χ1n) is 9.30. The fraction of sp³-hybridized carbons (Fsp3) is 0.0952. The van der Waals surface area contributed by atoms with Gasteiger partial charge in [0.2, 0.25) is 5.91 Å². The van der Waals surface area contributed by atoms with Gasteiger partial charge in [-0.3, -0.25) is 19.7 Å². The Morgan fingerprint density at radius 2 is 2.03 bits per heavy atom. The lowest BCUT2D eigenvalue weighted by atomic mass is 10.1. The number of carbonyl (C=O) groups excluding carboxylic acids is 1. The maximum Gasteiger partial charge on any atom is 0.271 e. The predicted molar refractivity (Wildman–Crippen MR) is 125 cm³/mol. The van der Waals surface area contributed by atoms with E-state index < -0.39 is 10.8 Å². The highest BCUT2D eigenvalue weighted by molar-refractivity contribution is 7.99. The van der Waals surface area contributed by atoms with Crippen molar-refractivity contribution in [3.8, 4) is 16.9 Å². The van der Waals surface area contributed by atoms with E-state index in [0.717, 1.165) is 46.7 Å². The number of aromatic hydroxyl groups is 1. The summed E-state index contributed by atoms with van der Waals surface area (Å²) in [5.41, 5.74) is 2.22. The Bertz CT molecular complexity index is 1400. The summed E-state index contributed by atoms with van der Waals surface area (Å²) in [5, 5.41) is 25.8. The molecule has 4 rings (SSSR count). The van der Waals surface area contributed by atoms with Gasteiger partial charge in [0, 0.05) is 23.1 Å². The molecule has 0 aliphatic rings. The molecule has 3 N–H and O–H groups in total. The van der Waals surface area contributed by atoms with Crippen LogP contribution in [0.15, 0.2) is 57.8 Å². The minimum absolute atomic E-state index is 0.0669. The Labute approximate surface area is 189 Å². The fourth-order valence-electron chi connectivity index (χ4n) is 3.00. The Kier molecular flexibility index (Phi) is 5.93. The van der Waals surface area contributed by atoms with Crippen molar-refractivity contribution in [2.45, 2.75) is 12.1 Å². The number of phenols is 1. The smallest absolute Gasteiger partial charge is 0.271 e. The number of thioether (sulfide) groups is 1. The van der Waals surface area contributed by atoms with Gasteiger partial charge in [-0.2, -0.15) is 0 Å². The molecule has 162 valence electrons. The third-order valence-corrected chi connectivity index (χ3v) is 6.34. The molecule has 0 saturated heterocycles. The zero-order chi connectivity index (χ0) is 22.8. The number of nitro groups is 1. The van der Waals surface area contributed by atoms with Crippen LogP contribution in [0.4, 0.5) is 11.4 Å². The number of H-pyrrole nitrogens is 1. The van der Waals surface area contributed by atoms with E-state index in [9.17, 15) is 24.8 Å². The SMILES string of the molecule is Cc1ccc(-c2csc3nc(SCC(=O)Nc4cc([N+](=O)[O-])ccc4O)[nH]c(=O)c23)cc1. The number of aryl methyl sites for hydroxylation is 1. The molecule has 2 aromatic heterocycles. The number of phenolic OH excluding ortho intramolecular Hbond substituents is 1. The molecule has 32 heavy (non-hydrogen) atoms. The maximum absolute atomic E-state index is 12.7. The number of nitro benzene ring substituents is 1. The van der Waals surface area contributed by atoms with E-state index in [0.29, 0.717) is 10.2 Å². The second kappa shape index (κ2) is 8.81. The molecule has 9 nitrogen and oxygen atoms in total. The number of benzene rings is 2. The second-order valence-corrected chi connectivity index (χ2v) is 8.68. The van der Waals surface area contributed by atoms with Crippen molar-refractivity contribution < 1.29 is 14.8 Å². The summed E-state index contributed by atoms with van der Waals surface area (Å²) < 4.78 is 0. The quantitative estimate of drug-likeness (QED) is 0.126. The first-order valence-corrected chi connectivity index (χ1v) is 11.2. The summed E-state index contributed by atoms with van der Waals surface area (Å²) in [6, 6.07) is 11.2. The van der Waals surface area contributed by atoms with Gasteiger partial charge in [0.05, 0.1) is 21.7 Å². The summed E-state index contributed by atoms with van der Waals surface area (Å²) in [7, 11) is 0. The highest BCUT2D eigenvalue weighted by atomic mass is 32.2. The molecule has 2 heterocycles. The summed E-state index contributed by atoms with van der Waals surface area (Å²) >= 11 is 2.36. The van der Waals surface area contributed by atoms with Gasteiger partial charge in [0.25, 0.3) is 11.2 Å². The summed E-state index contributed by atoms with van der Waals surface area (Å²) in [6.45, 7) is 1.99. The summed E-state index contributed by atoms with van der Waals surface area (Å²) in [5.74, 6) is -0.920. The van der Waals surface area contributed by atoms with Crippen LogP contribution in [0, 0.1) is 17.0 Å². The maximum atomic E-state index is 12.7. The largest absolute Gasteiger partial charge is 0.506 e. The van der Waals surface area contributed by atoms with Gasteiger partial charge in [-0.05, 0) is 18.6 Å². The number of amides is 1. The molecule has 1 amide bonds. The lowest BCUT2D eigenvalue weighted by Crippen LogP contribution is -2.15. The van der Waals surface area contributed by atoms with E-state index in [4.69, 9.17) is 0 Å². The zero-order valence-electron chi connectivity index (χ0n) is 16.6. The van der Waals surface area contributed by atoms with Crippen LogP contribution in [0.1, 0.15) is 5.56 Å². The van der Waals surface area contributed by atoms with E-state index >= 15 is 0 Å². The molecule has 11 heteroatoms. The number of nitrogens with zero attached hydrogens (tertiary/aromatic N) is 2. The molecule has 0 unspecified atom stereocenters. The molecule has 0 aliphatic carbocycles. The number of carbonyl (C=O) groups is 1. The third kappa shape index (κ3) is 4.48. The Morgan fingerprint density at radius 3 is 2.75 bits per heavy atom. The summed E-state index contributed by atoms with van der Waals surface area (Å²) in [6.07, 6.45) is 0. The van der Waals surface area contributed by atoms with Crippen LogP contribution in [0.5, 0.6) is 5.75 Å². The molecule has 0 spiro atoms. The van der Waals surface area contributed by atoms with Crippen LogP contribution in [-0.4, -0.2) is 31.7 Å². The molecule has 0 saturated carbocycles. The van der Waals surface area contributed by atoms with E-state index in [1.807, 2.05) is 36.6 Å². The van der Waals surface area contributed by atoms with Crippen molar-refractivity contribution in [2.75, 3.05) is 11.1 Å². The van der Waals surface area contributed by atoms with Crippen LogP contribution < -0.4 is 10.9 Å². The minimum atomic E-state index is -0.625. The normalized spacial score (nSPS) is 10.9. The number of anilines is 1. The van der Waals surface area contributed by atoms with Gasteiger partial charge < -0.3 is 15.4 Å². The van der Waals surface area contributed by atoms with Crippen molar-refractivity contribution >= 4 is 50.6 Å². The van der Waals surface area contributed by atoms with Crippen molar-refractivity contribution in [3.63, 3.8) is 0 Å². The van der Waals surface area contributed by atoms with E-state index in [1.54, 1.807) is 0 Å². The molecule has 0 aliphatic heterocycles. The van der Waals surface area contributed by atoms with Crippen LogP contribution in [0.25, 0.3) is 21.3 Å². The number of nitrogens with one attached hydrogen (secondary N) is 2.